The first kappa shape index (κ1) is 27.4. The molecule has 0 aromatic heterocycles. The third-order valence-electron chi connectivity index (χ3n) is 3.19. The Hall–Kier alpha value is -0.650. The lowest BCUT2D eigenvalue weighted by Gasteiger charge is -2.08. The summed E-state index contributed by atoms with van der Waals surface area (Å²) in [7, 11) is 0. The molecular formula is C19H38O9. The van der Waals surface area contributed by atoms with Crippen LogP contribution in [0.4, 0.5) is 0 Å². The fraction of sp³-hybridized carbons (Fsp3) is 0.947. The summed E-state index contributed by atoms with van der Waals surface area (Å²) < 4.78 is 42.5. The topological polar surface area (TPSA) is 90.9 Å². The van der Waals surface area contributed by atoms with Crippen molar-refractivity contribution in [3.05, 3.63) is 0 Å². The van der Waals surface area contributed by atoms with Crippen molar-refractivity contribution in [2.75, 3.05) is 106 Å². The second kappa shape index (κ2) is 26.4. The maximum absolute atomic E-state index is 10.1. The van der Waals surface area contributed by atoms with Crippen LogP contribution >= 0.6 is 0 Å². The van der Waals surface area contributed by atoms with Gasteiger partial charge in [-0.05, 0) is 6.92 Å². The van der Waals surface area contributed by atoms with Crippen molar-refractivity contribution in [2.24, 2.45) is 0 Å². The van der Waals surface area contributed by atoms with E-state index in [1.807, 2.05) is 6.92 Å². The summed E-state index contributed by atoms with van der Waals surface area (Å²) in [6, 6.07) is 0. The molecule has 0 fully saturated rings. The molecule has 0 bridgehead atoms. The third-order valence-corrected chi connectivity index (χ3v) is 3.19. The van der Waals surface area contributed by atoms with Gasteiger partial charge in [0, 0.05) is 13.0 Å². The Labute approximate surface area is 168 Å². The van der Waals surface area contributed by atoms with Gasteiger partial charge in [0.1, 0.15) is 6.29 Å². The Kier molecular flexibility index (Phi) is 25.7. The maximum Gasteiger partial charge on any atom is 0.122 e. The van der Waals surface area contributed by atoms with Crippen LogP contribution in [-0.4, -0.2) is 112 Å². The first-order valence-corrected chi connectivity index (χ1v) is 9.97. The molecule has 0 aliphatic heterocycles. The minimum Gasteiger partial charge on any atom is -0.379 e. The predicted molar refractivity (Wildman–Crippen MR) is 103 cm³/mol. The van der Waals surface area contributed by atoms with Gasteiger partial charge in [0.15, 0.2) is 0 Å². The van der Waals surface area contributed by atoms with Gasteiger partial charge in [-0.25, -0.2) is 0 Å². The Bertz CT molecular complexity index is 293. The second-order valence-electron chi connectivity index (χ2n) is 5.44. The van der Waals surface area contributed by atoms with Crippen LogP contribution in [0.3, 0.4) is 0 Å². The van der Waals surface area contributed by atoms with E-state index in [-0.39, 0.29) is 0 Å². The number of carbonyl (C=O) groups excluding carboxylic acids is 1. The summed E-state index contributed by atoms with van der Waals surface area (Å²) in [5.41, 5.74) is 0. The van der Waals surface area contributed by atoms with E-state index >= 15 is 0 Å². The molecular weight excluding hydrogens is 372 g/mol. The highest BCUT2D eigenvalue weighted by Gasteiger charge is 1.94. The third kappa shape index (κ3) is 25.4. The number of ether oxygens (including phenoxy) is 8. The van der Waals surface area contributed by atoms with Gasteiger partial charge >= 0.3 is 0 Å². The summed E-state index contributed by atoms with van der Waals surface area (Å²) in [5.74, 6) is 0. The molecule has 0 rings (SSSR count). The average molecular weight is 411 g/mol. The highest BCUT2D eigenvalue weighted by atomic mass is 16.6. The smallest absolute Gasteiger partial charge is 0.122 e. The molecule has 0 saturated carbocycles. The van der Waals surface area contributed by atoms with E-state index in [9.17, 15) is 4.79 Å². The molecule has 0 amide bonds. The lowest BCUT2D eigenvalue weighted by molar-refractivity contribution is -0.108. The second-order valence-corrected chi connectivity index (χ2v) is 5.44. The van der Waals surface area contributed by atoms with Crippen molar-refractivity contribution in [1.82, 2.24) is 0 Å². The number of hydrogen-bond donors (Lipinski definition) is 0. The molecule has 9 nitrogen and oxygen atoms in total. The average Bonchev–Trinajstić information content (AvgIpc) is 2.71. The van der Waals surface area contributed by atoms with Gasteiger partial charge in [0.25, 0.3) is 0 Å². The number of aldehydes is 1. The zero-order valence-electron chi connectivity index (χ0n) is 17.3. The van der Waals surface area contributed by atoms with Crippen molar-refractivity contribution >= 4 is 6.29 Å². The minimum absolute atomic E-state index is 0.424. The van der Waals surface area contributed by atoms with Gasteiger partial charge in [-0.2, -0.15) is 0 Å². The monoisotopic (exact) mass is 410 g/mol. The van der Waals surface area contributed by atoms with Crippen LogP contribution in [0.1, 0.15) is 13.3 Å². The molecule has 0 unspecified atom stereocenters. The molecule has 0 atom stereocenters. The first-order chi connectivity index (χ1) is 13.9. The van der Waals surface area contributed by atoms with Crippen LogP contribution in [0.2, 0.25) is 0 Å². The summed E-state index contributed by atoms with van der Waals surface area (Å²) >= 11 is 0. The minimum atomic E-state index is 0.424. The van der Waals surface area contributed by atoms with Gasteiger partial charge < -0.3 is 42.7 Å². The zero-order valence-corrected chi connectivity index (χ0v) is 17.3. The molecule has 0 aliphatic carbocycles. The fourth-order valence-electron chi connectivity index (χ4n) is 1.82. The van der Waals surface area contributed by atoms with E-state index in [2.05, 4.69) is 0 Å². The van der Waals surface area contributed by atoms with Crippen molar-refractivity contribution in [3.8, 4) is 0 Å². The van der Waals surface area contributed by atoms with Crippen molar-refractivity contribution < 1.29 is 42.7 Å². The Morgan fingerprint density at radius 1 is 0.429 bits per heavy atom. The lowest BCUT2D eigenvalue weighted by Crippen LogP contribution is -2.15. The molecule has 0 saturated heterocycles. The summed E-state index contributed by atoms with van der Waals surface area (Å²) in [4.78, 5) is 10.1. The molecule has 168 valence electrons. The quantitative estimate of drug-likeness (QED) is 0.160. The van der Waals surface area contributed by atoms with Crippen LogP contribution in [0.25, 0.3) is 0 Å². The number of rotatable bonds is 25. The standard InChI is InChI=1S/C19H38O9/c1-2-21-6-7-23-10-11-25-14-15-27-18-19-28-17-16-26-13-12-24-9-8-22-5-3-4-20/h4H,2-3,5-19H2,1H3. The molecule has 0 heterocycles. The van der Waals surface area contributed by atoms with Gasteiger partial charge in [0.2, 0.25) is 0 Å². The van der Waals surface area contributed by atoms with Gasteiger partial charge in [-0.15, -0.1) is 0 Å². The molecule has 0 aliphatic rings. The Balaban J connectivity index is 2.97. The highest BCUT2D eigenvalue weighted by Crippen LogP contribution is 1.86. The summed E-state index contributed by atoms with van der Waals surface area (Å²) in [6.45, 7) is 10.7. The molecule has 0 aromatic rings. The van der Waals surface area contributed by atoms with Gasteiger partial charge in [0.05, 0.1) is 99.1 Å². The van der Waals surface area contributed by atoms with Crippen LogP contribution in [0, 0.1) is 0 Å². The van der Waals surface area contributed by atoms with E-state index in [1.165, 1.54) is 0 Å². The zero-order chi connectivity index (χ0) is 20.4. The van der Waals surface area contributed by atoms with E-state index < -0.39 is 0 Å². The molecule has 0 spiro atoms. The molecule has 9 heteroatoms. The first-order valence-electron chi connectivity index (χ1n) is 9.97. The van der Waals surface area contributed by atoms with Crippen LogP contribution in [0.15, 0.2) is 0 Å². The lowest BCUT2D eigenvalue weighted by atomic mass is 10.5. The van der Waals surface area contributed by atoms with E-state index in [0.717, 1.165) is 6.29 Å². The molecule has 0 aromatic carbocycles. The van der Waals surface area contributed by atoms with Crippen molar-refractivity contribution in [3.63, 3.8) is 0 Å². The summed E-state index contributed by atoms with van der Waals surface area (Å²) in [6.07, 6.45) is 1.26. The fourth-order valence-corrected chi connectivity index (χ4v) is 1.82. The van der Waals surface area contributed by atoms with Crippen molar-refractivity contribution in [1.29, 1.82) is 0 Å². The molecule has 0 radical (unpaired) electrons. The number of carbonyl (C=O) groups is 1. The van der Waals surface area contributed by atoms with E-state index in [1.54, 1.807) is 0 Å². The van der Waals surface area contributed by atoms with Gasteiger partial charge in [-0.1, -0.05) is 0 Å². The molecule has 28 heavy (non-hydrogen) atoms. The van der Waals surface area contributed by atoms with Crippen LogP contribution in [0.5, 0.6) is 0 Å². The summed E-state index contributed by atoms with van der Waals surface area (Å²) in [5, 5.41) is 0. The van der Waals surface area contributed by atoms with E-state index in [0.29, 0.717) is 112 Å². The normalized spacial score (nSPS) is 11.2. The maximum atomic E-state index is 10.1. The largest absolute Gasteiger partial charge is 0.379 e. The van der Waals surface area contributed by atoms with Gasteiger partial charge in [-0.3, -0.25) is 0 Å². The molecule has 0 N–H and O–H groups in total. The van der Waals surface area contributed by atoms with Crippen LogP contribution < -0.4 is 0 Å². The number of hydrogen-bond acceptors (Lipinski definition) is 9. The SMILES string of the molecule is CCOCCOCCOCCOCCOCCOCCOCCOCCC=O. The Morgan fingerprint density at radius 3 is 0.929 bits per heavy atom. The van der Waals surface area contributed by atoms with Crippen molar-refractivity contribution in [2.45, 2.75) is 13.3 Å². The van der Waals surface area contributed by atoms with E-state index in [4.69, 9.17) is 37.9 Å². The highest BCUT2D eigenvalue weighted by molar-refractivity contribution is 5.49. The predicted octanol–water partition coefficient (Wildman–Crippen LogP) is 0.728. The Morgan fingerprint density at radius 2 is 0.679 bits per heavy atom. The van der Waals surface area contributed by atoms with Crippen LogP contribution in [-0.2, 0) is 42.7 Å².